The lowest BCUT2D eigenvalue weighted by Gasteiger charge is -2.21. The topological polar surface area (TPSA) is 20.2 Å². The Bertz CT molecular complexity index is 342. The van der Waals surface area contributed by atoms with Crippen LogP contribution in [0.5, 0.6) is 0 Å². The summed E-state index contributed by atoms with van der Waals surface area (Å²) in [5.74, 6) is 0. The molecule has 0 radical (unpaired) electrons. The maximum Gasteiger partial charge on any atom is 0.0618 e. The number of hydrogen-bond donors (Lipinski definition) is 1. The fourth-order valence-electron chi connectivity index (χ4n) is 1.43. The van der Waals surface area contributed by atoms with E-state index in [9.17, 15) is 0 Å². The summed E-state index contributed by atoms with van der Waals surface area (Å²) in [5.41, 5.74) is 6.81. The zero-order chi connectivity index (χ0) is 12.8. The van der Waals surface area contributed by atoms with Crippen LogP contribution < -0.4 is 0 Å². The minimum Gasteiger partial charge on any atom is -0.392 e. The highest BCUT2D eigenvalue weighted by Gasteiger charge is 2.17. The van der Waals surface area contributed by atoms with Crippen molar-refractivity contribution in [3.05, 3.63) is 40.7 Å². The molecular formula is C15H24O. The molecule has 0 aromatic carbocycles. The van der Waals surface area contributed by atoms with E-state index in [1.165, 1.54) is 5.57 Å². The smallest absolute Gasteiger partial charge is 0.0618 e. The van der Waals surface area contributed by atoms with Gasteiger partial charge < -0.3 is 5.11 Å². The fourth-order valence-corrected chi connectivity index (χ4v) is 1.43. The average molecular weight is 220 g/mol. The first-order valence-electron chi connectivity index (χ1n) is 5.71. The van der Waals surface area contributed by atoms with E-state index < -0.39 is 0 Å². The molecule has 0 atom stereocenters. The summed E-state index contributed by atoms with van der Waals surface area (Å²) >= 11 is 0. The zero-order valence-corrected chi connectivity index (χ0v) is 11.4. The molecule has 0 spiro atoms. The molecule has 16 heavy (non-hydrogen) atoms. The average Bonchev–Trinajstić information content (AvgIpc) is 2.16. The van der Waals surface area contributed by atoms with Crippen molar-refractivity contribution < 1.29 is 5.11 Å². The first kappa shape index (κ1) is 15.0. The van der Waals surface area contributed by atoms with E-state index in [0.717, 1.165) is 11.1 Å². The van der Waals surface area contributed by atoms with Gasteiger partial charge in [0, 0.05) is 5.57 Å². The molecule has 0 aromatic heterocycles. The van der Waals surface area contributed by atoms with Gasteiger partial charge in [0.1, 0.15) is 0 Å². The standard InChI is InChI=1S/C15H24O/c1-7-12(2)8-9-14(15(4,5)6)13(3)10-11-16/h7-8,10,16H,11H2,1-6H3/b12-7+,13-10-. The lowest BCUT2D eigenvalue weighted by atomic mass is 9.82. The molecule has 1 N–H and O–H groups in total. The third-order valence-electron chi connectivity index (χ3n) is 2.44. The van der Waals surface area contributed by atoms with Crippen LogP contribution in [-0.2, 0) is 0 Å². The Hall–Kier alpha value is -1.04. The van der Waals surface area contributed by atoms with Gasteiger partial charge in [-0.15, -0.1) is 5.73 Å². The predicted molar refractivity (Wildman–Crippen MR) is 71.3 cm³/mol. The first-order chi connectivity index (χ1) is 7.32. The Labute approximate surface area is 99.9 Å². The van der Waals surface area contributed by atoms with E-state index in [1.54, 1.807) is 0 Å². The maximum atomic E-state index is 8.94. The van der Waals surface area contributed by atoms with E-state index in [4.69, 9.17) is 5.11 Å². The van der Waals surface area contributed by atoms with E-state index in [2.05, 4.69) is 39.5 Å². The van der Waals surface area contributed by atoms with Crippen LogP contribution in [0.2, 0.25) is 0 Å². The van der Waals surface area contributed by atoms with Crippen molar-refractivity contribution >= 4 is 0 Å². The Balaban J connectivity index is 5.45. The summed E-state index contributed by atoms with van der Waals surface area (Å²) in [5, 5.41) is 8.94. The van der Waals surface area contributed by atoms with Crippen molar-refractivity contribution in [2.45, 2.75) is 41.5 Å². The molecular weight excluding hydrogens is 196 g/mol. The summed E-state index contributed by atoms with van der Waals surface area (Å²) < 4.78 is 0. The van der Waals surface area contributed by atoms with Crippen molar-refractivity contribution in [1.82, 2.24) is 0 Å². The van der Waals surface area contributed by atoms with Gasteiger partial charge >= 0.3 is 0 Å². The van der Waals surface area contributed by atoms with Crippen LogP contribution in [0.25, 0.3) is 0 Å². The summed E-state index contributed by atoms with van der Waals surface area (Å²) in [6.07, 6.45) is 5.88. The van der Waals surface area contributed by atoms with Crippen molar-refractivity contribution in [1.29, 1.82) is 0 Å². The van der Waals surface area contributed by atoms with Gasteiger partial charge in [0.05, 0.1) is 6.61 Å². The lowest BCUT2D eigenvalue weighted by Crippen LogP contribution is -2.10. The highest BCUT2D eigenvalue weighted by Crippen LogP contribution is 2.30. The molecule has 0 aliphatic heterocycles. The van der Waals surface area contributed by atoms with Crippen molar-refractivity contribution in [2.24, 2.45) is 5.41 Å². The van der Waals surface area contributed by atoms with Crippen LogP contribution in [0.15, 0.2) is 40.7 Å². The molecule has 0 heterocycles. The van der Waals surface area contributed by atoms with Crippen LogP contribution in [0, 0.1) is 5.41 Å². The maximum absolute atomic E-state index is 8.94. The second kappa shape index (κ2) is 6.52. The monoisotopic (exact) mass is 220 g/mol. The second-order valence-corrected chi connectivity index (χ2v) is 5.02. The van der Waals surface area contributed by atoms with Gasteiger partial charge in [-0.1, -0.05) is 32.9 Å². The summed E-state index contributed by atoms with van der Waals surface area (Å²) in [6, 6.07) is 0. The summed E-state index contributed by atoms with van der Waals surface area (Å²) in [4.78, 5) is 0. The number of aliphatic hydroxyl groups is 1. The minimum absolute atomic E-state index is 0.0419. The van der Waals surface area contributed by atoms with E-state index in [-0.39, 0.29) is 12.0 Å². The molecule has 1 heteroatoms. The van der Waals surface area contributed by atoms with Crippen LogP contribution in [0.1, 0.15) is 41.5 Å². The van der Waals surface area contributed by atoms with Crippen LogP contribution >= 0.6 is 0 Å². The van der Waals surface area contributed by atoms with Crippen LogP contribution in [0.3, 0.4) is 0 Å². The third kappa shape index (κ3) is 5.16. The molecule has 0 fully saturated rings. The summed E-state index contributed by atoms with van der Waals surface area (Å²) in [6.45, 7) is 12.6. The van der Waals surface area contributed by atoms with Crippen LogP contribution in [-0.4, -0.2) is 11.7 Å². The second-order valence-electron chi connectivity index (χ2n) is 5.02. The molecule has 1 nitrogen and oxygen atoms in total. The third-order valence-corrected chi connectivity index (χ3v) is 2.44. The molecule has 0 aromatic rings. The Morgan fingerprint density at radius 3 is 2.19 bits per heavy atom. The number of hydrogen-bond acceptors (Lipinski definition) is 1. The quantitative estimate of drug-likeness (QED) is 0.562. The zero-order valence-electron chi connectivity index (χ0n) is 11.4. The Morgan fingerprint density at radius 2 is 1.81 bits per heavy atom. The van der Waals surface area contributed by atoms with Crippen molar-refractivity contribution in [2.75, 3.05) is 6.61 Å². The van der Waals surface area contributed by atoms with Gasteiger partial charge in [0.2, 0.25) is 0 Å². The largest absolute Gasteiger partial charge is 0.392 e. The molecule has 0 saturated heterocycles. The number of allylic oxidation sites excluding steroid dienone is 4. The number of aliphatic hydroxyl groups excluding tert-OH is 1. The Kier molecular flexibility index (Phi) is 6.10. The van der Waals surface area contributed by atoms with Crippen molar-refractivity contribution in [3.8, 4) is 0 Å². The van der Waals surface area contributed by atoms with Gasteiger partial charge in [-0.2, -0.15) is 0 Å². The molecule has 0 rings (SSSR count). The summed E-state index contributed by atoms with van der Waals surface area (Å²) in [7, 11) is 0. The van der Waals surface area contributed by atoms with Gasteiger partial charge in [-0.25, -0.2) is 0 Å². The molecule has 0 saturated carbocycles. The normalized spacial score (nSPS) is 13.4. The molecule has 0 amide bonds. The van der Waals surface area contributed by atoms with Gasteiger partial charge in [0.15, 0.2) is 0 Å². The van der Waals surface area contributed by atoms with Gasteiger partial charge in [0.25, 0.3) is 0 Å². The van der Waals surface area contributed by atoms with E-state index in [0.29, 0.717) is 0 Å². The van der Waals surface area contributed by atoms with Gasteiger partial charge in [-0.05, 0) is 43.4 Å². The first-order valence-corrected chi connectivity index (χ1v) is 5.71. The highest BCUT2D eigenvalue weighted by atomic mass is 16.2. The highest BCUT2D eigenvalue weighted by molar-refractivity contribution is 5.34. The SMILES string of the molecule is C/C=C(\C)C=C=C(/C(C)=C\CO)C(C)(C)C. The van der Waals surface area contributed by atoms with Crippen LogP contribution in [0.4, 0.5) is 0 Å². The predicted octanol–water partition coefficient (Wildman–Crippen LogP) is 4.02. The van der Waals surface area contributed by atoms with Gasteiger partial charge in [-0.3, -0.25) is 0 Å². The fraction of sp³-hybridized carbons (Fsp3) is 0.533. The molecule has 0 unspecified atom stereocenters. The Morgan fingerprint density at radius 1 is 1.25 bits per heavy atom. The number of rotatable bonds is 3. The molecule has 0 aliphatic rings. The van der Waals surface area contributed by atoms with Crippen molar-refractivity contribution in [3.63, 3.8) is 0 Å². The molecule has 0 aliphatic carbocycles. The van der Waals surface area contributed by atoms with E-state index >= 15 is 0 Å². The minimum atomic E-state index is 0.0419. The molecule has 90 valence electrons. The molecule has 0 bridgehead atoms. The van der Waals surface area contributed by atoms with E-state index in [1.807, 2.05) is 26.0 Å². The lowest BCUT2D eigenvalue weighted by molar-refractivity contribution is 0.341.